The van der Waals surface area contributed by atoms with Gasteiger partial charge in [0.15, 0.2) is 0 Å². The van der Waals surface area contributed by atoms with E-state index in [1.54, 1.807) is 7.05 Å². The maximum Gasteiger partial charge on any atom is 0.282 e. The van der Waals surface area contributed by atoms with Gasteiger partial charge in [-0.15, -0.1) is 0 Å². The van der Waals surface area contributed by atoms with Gasteiger partial charge in [0.2, 0.25) is 0 Å². The molecule has 1 aromatic carbocycles. The molecule has 6 heteroatoms. The third kappa shape index (κ3) is 3.77. The van der Waals surface area contributed by atoms with Crippen molar-refractivity contribution in [1.82, 2.24) is 8.61 Å². The van der Waals surface area contributed by atoms with Gasteiger partial charge in [-0.3, -0.25) is 0 Å². The molecule has 5 nitrogen and oxygen atoms in total. The number of rotatable bonds is 6. The smallest absolute Gasteiger partial charge is 0.198 e. The third-order valence-electron chi connectivity index (χ3n) is 3.12. The van der Waals surface area contributed by atoms with Crippen LogP contribution >= 0.6 is 0 Å². The van der Waals surface area contributed by atoms with Crippen LogP contribution in [0.5, 0.6) is 0 Å². The van der Waals surface area contributed by atoms with Crippen molar-refractivity contribution in [2.75, 3.05) is 20.6 Å². The highest BCUT2D eigenvalue weighted by atomic mass is 32.2. The Hall–Kier alpha value is -1.42. The first-order valence-corrected chi connectivity index (χ1v) is 7.42. The summed E-state index contributed by atoms with van der Waals surface area (Å²) < 4.78 is 27.1. The number of hydrogen-bond donors (Lipinski definition) is 0. The summed E-state index contributed by atoms with van der Waals surface area (Å²) in [6.45, 7) is 2.04. The number of nitrogens with zero attached hydrogens (tertiary/aromatic N) is 3. The molecule has 0 spiro atoms. The van der Waals surface area contributed by atoms with Gasteiger partial charge in [0.1, 0.15) is 0 Å². The monoisotopic (exact) mass is 281 g/mol. The molecule has 0 amide bonds. The third-order valence-corrected chi connectivity index (χ3v) is 5.14. The minimum atomic E-state index is -3.54. The molecule has 0 aromatic heterocycles. The molecular weight excluding hydrogens is 262 g/mol. The lowest BCUT2D eigenvalue weighted by Crippen LogP contribution is -2.41. The normalized spacial score (nSPS) is 13.5. The Labute approximate surface area is 115 Å². The van der Waals surface area contributed by atoms with E-state index < -0.39 is 10.2 Å². The molecule has 0 unspecified atom stereocenters. The van der Waals surface area contributed by atoms with Crippen LogP contribution < -0.4 is 0 Å². The summed E-state index contributed by atoms with van der Waals surface area (Å²) in [5.41, 5.74) is 0.933. The highest BCUT2D eigenvalue weighted by Crippen LogP contribution is 2.22. The second-order valence-electron chi connectivity index (χ2n) is 4.34. The van der Waals surface area contributed by atoms with Crippen LogP contribution in [0.2, 0.25) is 0 Å². The van der Waals surface area contributed by atoms with Gasteiger partial charge in [-0.25, -0.2) is 0 Å². The van der Waals surface area contributed by atoms with E-state index >= 15 is 0 Å². The van der Waals surface area contributed by atoms with E-state index in [2.05, 4.69) is 0 Å². The van der Waals surface area contributed by atoms with E-state index in [0.29, 0.717) is 0 Å². The zero-order valence-electron chi connectivity index (χ0n) is 11.4. The lowest BCUT2D eigenvalue weighted by Gasteiger charge is -2.28. The first kappa shape index (κ1) is 15.6. The zero-order chi connectivity index (χ0) is 14.5. The quantitative estimate of drug-likeness (QED) is 0.798. The summed E-state index contributed by atoms with van der Waals surface area (Å²) in [5, 5.41) is 8.52. The molecule has 19 heavy (non-hydrogen) atoms. The van der Waals surface area contributed by atoms with Crippen molar-refractivity contribution in [2.24, 2.45) is 0 Å². The second-order valence-corrected chi connectivity index (χ2v) is 6.44. The van der Waals surface area contributed by atoms with Crippen molar-refractivity contribution in [3.05, 3.63) is 35.9 Å². The highest BCUT2D eigenvalue weighted by Gasteiger charge is 2.27. The van der Waals surface area contributed by atoms with E-state index in [1.165, 1.54) is 15.7 Å². The van der Waals surface area contributed by atoms with Crippen molar-refractivity contribution in [3.63, 3.8) is 0 Å². The molecular formula is C13H19N3O2S. The maximum atomic E-state index is 12.3. The summed E-state index contributed by atoms with van der Waals surface area (Å²) in [7, 11) is -0.505. The summed E-state index contributed by atoms with van der Waals surface area (Å²) in [6, 6.07) is 11.1. The van der Waals surface area contributed by atoms with Gasteiger partial charge in [0.05, 0.1) is 6.07 Å². The highest BCUT2D eigenvalue weighted by molar-refractivity contribution is 7.86. The molecule has 0 radical (unpaired) electrons. The predicted molar refractivity (Wildman–Crippen MR) is 74.4 cm³/mol. The summed E-state index contributed by atoms with van der Waals surface area (Å²) in [5.74, 6) is 0. The van der Waals surface area contributed by atoms with Crippen LogP contribution in [0, 0.1) is 11.3 Å². The molecule has 104 valence electrons. The summed E-state index contributed by atoms with van der Waals surface area (Å²) in [4.78, 5) is 0. The largest absolute Gasteiger partial charge is 0.282 e. The van der Waals surface area contributed by atoms with Gasteiger partial charge in [-0.1, -0.05) is 30.3 Å². The molecule has 1 aromatic rings. The van der Waals surface area contributed by atoms with Crippen molar-refractivity contribution >= 4 is 10.2 Å². The Kier molecular flexibility index (Phi) is 5.48. The van der Waals surface area contributed by atoms with E-state index in [-0.39, 0.29) is 19.0 Å². The van der Waals surface area contributed by atoms with Gasteiger partial charge >= 0.3 is 0 Å². The van der Waals surface area contributed by atoms with E-state index in [0.717, 1.165) is 5.56 Å². The lowest BCUT2D eigenvalue weighted by molar-refractivity contribution is 0.351. The standard InChI is InChI=1S/C13H19N3O2S/c1-12(13-8-5-4-6-9-13)16(3)19(17,18)15(2)11-7-10-14/h4-6,8-9,12H,7,11H2,1-3H3/t12-/m0/s1. The second kappa shape index (κ2) is 6.66. The van der Waals surface area contributed by atoms with Gasteiger partial charge in [0, 0.05) is 33.1 Å². The van der Waals surface area contributed by atoms with Gasteiger partial charge in [-0.05, 0) is 12.5 Å². The molecule has 0 aliphatic rings. The first-order chi connectivity index (χ1) is 8.91. The van der Waals surface area contributed by atoms with Crippen molar-refractivity contribution in [2.45, 2.75) is 19.4 Å². The van der Waals surface area contributed by atoms with Crippen LogP contribution in [0.25, 0.3) is 0 Å². The first-order valence-electron chi connectivity index (χ1n) is 6.02. The Bertz CT molecular complexity index is 537. The van der Waals surface area contributed by atoms with Crippen molar-refractivity contribution in [1.29, 1.82) is 5.26 Å². The Balaban J connectivity index is 2.87. The van der Waals surface area contributed by atoms with E-state index in [1.807, 2.05) is 43.3 Å². The van der Waals surface area contributed by atoms with E-state index in [9.17, 15) is 8.42 Å². The average Bonchev–Trinajstić information content (AvgIpc) is 2.43. The van der Waals surface area contributed by atoms with Crippen LogP contribution in [-0.4, -0.2) is 37.7 Å². The van der Waals surface area contributed by atoms with Crippen LogP contribution in [0.15, 0.2) is 30.3 Å². The zero-order valence-corrected chi connectivity index (χ0v) is 12.3. The summed E-state index contributed by atoms with van der Waals surface area (Å²) >= 11 is 0. The average molecular weight is 281 g/mol. The predicted octanol–water partition coefficient (Wildman–Crippen LogP) is 1.77. The lowest BCUT2D eigenvalue weighted by atomic mass is 10.1. The molecule has 0 heterocycles. The molecule has 0 N–H and O–H groups in total. The fraction of sp³-hybridized carbons (Fsp3) is 0.462. The molecule has 0 aliphatic carbocycles. The minimum Gasteiger partial charge on any atom is -0.198 e. The van der Waals surface area contributed by atoms with Crippen molar-refractivity contribution < 1.29 is 8.42 Å². The van der Waals surface area contributed by atoms with Crippen LogP contribution in [-0.2, 0) is 10.2 Å². The Morgan fingerprint density at radius 2 is 1.84 bits per heavy atom. The molecule has 0 bridgehead atoms. The molecule has 0 saturated carbocycles. The molecule has 0 aliphatic heterocycles. The molecule has 0 fully saturated rings. The molecule has 1 rings (SSSR count). The van der Waals surface area contributed by atoms with Crippen LogP contribution in [0.3, 0.4) is 0 Å². The topological polar surface area (TPSA) is 64.4 Å². The Morgan fingerprint density at radius 3 is 2.37 bits per heavy atom. The fourth-order valence-electron chi connectivity index (χ4n) is 1.68. The Morgan fingerprint density at radius 1 is 1.26 bits per heavy atom. The fourth-order valence-corrected chi connectivity index (χ4v) is 2.97. The van der Waals surface area contributed by atoms with Gasteiger partial charge < -0.3 is 0 Å². The van der Waals surface area contributed by atoms with Gasteiger partial charge in [0.25, 0.3) is 10.2 Å². The van der Waals surface area contributed by atoms with Gasteiger partial charge in [-0.2, -0.15) is 22.3 Å². The molecule has 0 saturated heterocycles. The van der Waals surface area contributed by atoms with E-state index in [4.69, 9.17) is 5.26 Å². The number of nitriles is 1. The van der Waals surface area contributed by atoms with Crippen LogP contribution in [0.4, 0.5) is 0 Å². The van der Waals surface area contributed by atoms with Crippen LogP contribution in [0.1, 0.15) is 24.9 Å². The summed E-state index contributed by atoms with van der Waals surface area (Å²) in [6.07, 6.45) is 0.184. The number of benzene rings is 1. The minimum absolute atomic E-state index is 0.184. The molecule has 1 atom stereocenters. The van der Waals surface area contributed by atoms with Crippen molar-refractivity contribution in [3.8, 4) is 6.07 Å². The number of hydrogen-bond acceptors (Lipinski definition) is 3. The maximum absolute atomic E-state index is 12.3. The SMILES string of the molecule is C[C@@H](c1ccccc1)N(C)S(=O)(=O)N(C)CCC#N.